The molecule has 2 rings (SSSR count). The van der Waals surface area contributed by atoms with Crippen molar-refractivity contribution in [1.82, 2.24) is 19.4 Å². The molecule has 35 heavy (non-hydrogen) atoms. The summed E-state index contributed by atoms with van der Waals surface area (Å²) >= 11 is 0. The Morgan fingerprint density at radius 3 is 2.09 bits per heavy atom. The predicted octanol–water partition coefficient (Wildman–Crippen LogP) is 2.15. The fraction of sp³-hybridized carbons (Fsp3) is 0.462. The number of ether oxygens (including phenoxy) is 1. The van der Waals surface area contributed by atoms with Crippen molar-refractivity contribution in [3.05, 3.63) is 58.7 Å². The number of nitrogens with zero attached hydrogens (tertiary/aromatic N) is 3. The van der Waals surface area contributed by atoms with Gasteiger partial charge >= 0.3 is 0 Å². The molecule has 2 amide bonds. The van der Waals surface area contributed by atoms with Gasteiger partial charge in [0.2, 0.25) is 11.8 Å². The van der Waals surface area contributed by atoms with Crippen LogP contribution in [0.2, 0.25) is 0 Å². The number of hydrogen-bond acceptors (Lipinski definition) is 5. The van der Waals surface area contributed by atoms with Crippen LogP contribution in [-0.2, 0) is 33.5 Å². The zero-order chi connectivity index (χ0) is 26.1. The van der Waals surface area contributed by atoms with Crippen LogP contribution in [0.3, 0.4) is 0 Å². The van der Waals surface area contributed by atoms with E-state index in [1.165, 1.54) is 9.87 Å². The van der Waals surface area contributed by atoms with E-state index in [4.69, 9.17) is 4.74 Å². The Kier molecular flexibility index (Phi) is 10.9. The maximum atomic E-state index is 13.0. The third-order valence-corrected chi connectivity index (χ3v) is 7.33. The number of nitrogens with one attached hydrogen (secondary N) is 1. The largest absolute Gasteiger partial charge is 0.497 e. The van der Waals surface area contributed by atoms with Gasteiger partial charge in [-0.15, -0.1) is 0 Å². The monoisotopic (exact) mass is 502 g/mol. The molecule has 2 aromatic rings. The maximum Gasteiger partial charge on any atom is 0.242 e. The predicted molar refractivity (Wildman–Crippen MR) is 140 cm³/mol. The quantitative estimate of drug-likeness (QED) is 0.481. The smallest absolute Gasteiger partial charge is 0.242 e. The molecule has 8 nitrogen and oxygen atoms in total. The van der Waals surface area contributed by atoms with Gasteiger partial charge in [-0.2, -0.15) is 0 Å². The van der Waals surface area contributed by atoms with Crippen LogP contribution in [0.15, 0.2) is 41.3 Å². The van der Waals surface area contributed by atoms with Gasteiger partial charge in [0.25, 0.3) is 0 Å². The van der Waals surface area contributed by atoms with E-state index in [-0.39, 0.29) is 24.9 Å². The molecule has 0 spiro atoms. The van der Waals surface area contributed by atoms with Crippen LogP contribution in [0.1, 0.15) is 22.3 Å². The van der Waals surface area contributed by atoms with Crippen molar-refractivity contribution in [3.8, 4) is 5.75 Å². The van der Waals surface area contributed by atoms with Crippen molar-refractivity contribution in [2.45, 2.75) is 31.7 Å². The van der Waals surface area contributed by atoms with Gasteiger partial charge in [-0.05, 0) is 68.8 Å². The first-order chi connectivity index (χ1) is 16.5. The lowest BCUT2D eigenvalue weighted by Gasteiger charge is -2.20. The molecule has 0 aliphatic heterocycles. The van der Waals surface area contributed by atoms with Crippen LogP contribution in [0.5, 0.6) is 5.75 Å². The SMILES string of the molecule is COc1cc(C)c(S(=O)N(C)CC(=O)NCC(=O)N(C)Cc2ccc(CCN(C)C)cc2)c(C)c1. The zero-order valence-electron chi connectivity index (χ0n) is 21.9. The molecule has 0 saturated heterocycles. The number of likely N-dealkylation sites (N-methyl/N-ethyl adjacent to an activating group) is 3. The minimum atomic E-state index is -1.52. The highest BCUT2D eigenvalue weighted by Gasteiger charge is 2.20. The van der Waals surface area contributed by atoms with Gasteiger partial charge < -0.3 is 19.9 Å². The molecule has 1 atom stereocenters. The van der Waals surface area contributed by atoms with E-state index in [1.54, 1.807) is 26.1 Å². The van der Waals surface area contributed by atoms with Crippen molar-refractivity contribution in [2.75, 3.05) is 54.9 Å². The van der Waals surface area contributed by atoms with Gasteiger partial charge in [0.1, 0.15) is 16.7 Å². The Labute approximate surface area is 211 Å². The summed E-state index contributed by atoms with van der Waals surface area (Å²) in [5.41, 5.74) is 3.94. The lowest BCUT2D eigenvalue weighted by molar-refractivity contribution is -0.132. The highest BCUT2D eigenvalue weighted by atomic mass is 32.2. The Morgan fingerprint density at radius 1 is 0.971 bits per heavy atom. The molecule has 0 aromatic heterocycles. The van der Waals surface area contributed by atoms with Crippen molar-refractivity contribution >= 4 is 22.8 Å². The summed E-state index contributed by atoms with van der Waals surface area (Å²) in [6.07, 6.45) is 0.977. The van der Waals surface area contributed by atoms with E-state index < -0.39 is 11.0 Å². The van der Waals surface area contributed by atoms with Gasteiger partial charge in [0.05, 0.1) is 25.1 Å². The average Bonchev–Trinajstić information content (AvgIpc) is 2.81. The number of aryl methyl sites for hydroxylation is 2. The second-order valence-corrected chi connectivity index (χ2v) is 10.6. The minimum Gasteiger partial charge on any atom is -0.497 e. The number of methoxy groups -OCH3 is 1. The number of hydrogen-bond donors (Lipinski definition) is 1. The first-order valence-electron chi connectivity index (χ1n) is 11.5. The second kappa shape index (κ2) is 13.4. The second-order valence-electron chi connectivity index (χ2n) is 9.02. The van der Waals surface area contributed by atoms with E-state index in [1.807, 2.05) is 52.2 Å². The number of carbonyl (C=O) groups excluding carboxylic acids is 2. The van der Waals surface area contributed by atoms with Gasteiger partial charge in [-0.25, -0.2) is 8.51 Å². The van der Waals surface area contributed by atoms with E-state index in [0.29, 0.717) is 17.2 Å². The molecule has 2 aromatic carbocycles. The Hall–Kier alpha value is -2.75. The van der Waals surface area contributed by atoms with Crippen LogP contribution in [0, 0.1) is 13.8 Å². The third-order valence-electron chi connectivity index (χ3n) is 5.65. The Bertz CT molecular complexity index is 1020. The standard InChI is InChI=1S/C26H38N4O4S/c1-19-14-23(34-7)15-20(2)26(19)35(33)30(6)18-24(31)27-16-25(32)29(5)17-22-10-8-21(9-11-22)12-13-28(3)4/h8-11,14-15H,12-13,16-18H2,1-7H3,(H,27,31). The van der Waals surface area contributed by atoms with Gasteiger partial charge in [-0.1, -0.05) is 24.3 Å². The number of benzene rings is 2. The molecule has 0 aliphatic rings. The molecule has 0 fully saturated rings. The molecule has 0 radical (unpaired) electrons. The van der Waals surface area contributed by atoms with Crippen molar-refractivity contribution < 1.29 is 18.5 Å². The summed E-state index contributed by atoms with van der Waals surface area (Å²) in [5.74, 6) is 0.140. The summed E-state index contributed by atoms with van der Waals surface area (Å²) in [5, 5.41) is 2.64. The third kappa shape index (κ3) is 8.76. The highest BCUT2D eigenvalue weighted by molar-refractivity contribution is 7.82. The highest BCUT2D eigenvalue weighted by Crippen LogP contribution is 2.25. The maximum absolute atomic E-state index is 13.0. The summed E-state index contributed by atoms with van der Waals surface area (Å²) in [7, 11) is 7.50. The van der Waals surface area contributed by atoms with Crippen LogP contribution in [-0.4, -0.2) is 85.1 Å². The van der Waals surface area contributed by atoms with Crippen molar-refractivity contribution in [3.63, 3.8) is 0 Å². The molecule has 192 valence electrons. The molecule has 0 aliphatic carbocycles. The minimum absolute atomic E-state index is 0.0943. The number of rotatable bonds is 12. The van der Waals surface area contributed by atoms with E-state index >= 15 is 0 Å². The summed E-state index contributed by atoms with van der Waals surface area (Å²) in [6.45, 7) is 4.97. The fourth-order valence-corrected chi connectivity index (χ4v) is 4.83. The van der Waals surface area contributed by atoms with Crippen molar-refractivity contribution in [1.29, 1.82) is 0 Å². The van der Waals surface area contributed by atoms with Crippen LogP contribution >= 0.6 is 0 Å². The molecule has 9 heteroatoms. The average molecular weight is 503 g/mol. The molecule has 1 unspecified atom stereocenters. The molecule has 0 saturated carbocycles. The van der Waals surface area contributed by atoms with Gasteiger partial charge in [-0.3, -0.25) is 9.59 Å². The summed E-state index contributed by atoms with van der Waals surface area (Å²) < 4.78 is 19.7. The van der Waals surface area contributed by atoms with Crippen LogP contribution < -0.4 is 10.1 Å². The Balaban J connectivity index is 1.84. The number of carbonyl (C=O) groups is 2. The number of amides is 2. The fourth-order valence-electron chi connectivity index (χ4n) is 3.61. The lowest BCUT2D eigenvalue weighted by Crippen LogP contribution is -2.42. The first-order valence-corrected chi connectivity index (χ1v) is 12.6. The van der Waals surface area contributed by atoms with Crippen LogP contribution in [0.25, 0.3) is 0 Å². The normalized spacial score (nSPS) is 12.0. The molecular weight excluding hydrogens is 464 g/mol. The first kappa shape index (κ1) is 28.5. The Morgan fingerprint density at radius 2 is 1.54 bits per heavy atom. The van der Waals surface area contributed by atoms with E-state index in [9.17, 15) is 13.8 Å². The molecular formula is C26H38N4O4S. The molecule has 1 N–H and O–H groups in total. The summed E-state index contributed by atoms with van der Waals surface area (Å²) in [6, 6.07) is 11.9. The van der Waals surface area contributed by atoms with Gasteiger partial charge in [0, 0.05) is 27.2 Å². The molecule has 0 bridgehead atoms. The van der Waals surface area contributed by atoms with E-state index in [2.05, 4.69) is 22.3 Å². The topological polar surface area (TPSA) is 82.2 Å². The summed E-state index contributed by atoms with van der Waals surface area (Å²) in [4.78, 5) is 29.3. The van der Waals surface area contributed by atoms with Gasteiger partial charge in [0.15, 0.2) is 0 Å². The lowest BCUT2D eigenvalue weighted by atomic mass is 10.1. The molecule has 0 heterocycles. The van der Waals surface area contributed by atoms with Crippen molar-refractivity contribution in [2.24, 2.45) is 0 Å². The zero-order valence-corrected chi connectivity index (χ0v) is 22.7. The van der Waals surface area contributed by atoms with E-state index in [0.717, 1.165) is 29.7 Å². The van der Waals surface area contributed by atoms with Crippen LogP contribution in [0.4, 0.5) is 0 Å².